The molecule has 3 amide bonds. The lowest BCUT2D eigenvalue weighted by molar-refractivity contribution is -0.137. The fourth-order valence-corrected chi connectivity index (χ4v) is 4.41. The van der Waals surface area contributed by atoms with Gasteiger partial charge in [0.05, 0.1) is 29.7 Å². The van der Waals surface area contributed by atoms with Crippen LogP contribution in [0.25, 0.3) is 11.0 Å². The maximum Gasteiger partial charge on any atom is 0.417 e. The van der Waals surface area contributed by atoms with Gasteiger partial charge in [-0.1, -0.05) is 0 Å². The van der Waals surface area contributed by atoms with E-state index in [0.29, 0.717) is 37.6 Å². The molecule has 3 aromatic rings. The number of anilines is 1. The van der Waals surface area contributed by atoms with Crippen molar-refractivity contribution in [2.75, 3.05) is 11.4 Å². The molecule has 11 heteroatoms. The van der Waals surface area contributed by atoms with Crippen molar-refractivity contribution in [3.8, 4) is 5.75 Å². The fraction of sp³-hybridized carbons (Fsp3) is 0.364. The number of H-pyrrole nitrogens is 1. The van der Waals surface area contributed by atoms with E-state index in [9.17, 15) is 22.8 Å². The topological polar surface area (TPSA) is 91.4 Å². The molecule has 0 unspecified atom stereocenters. The van der Waals surface area contributed by atoms with Gasteiger partial charge in [-0.05, 0) is 43.9 Å². The van der Waals surface area contributed by atoms with Crippen LogP contribution in [0.1, 0.15) is 31.2 Å². The molecule has 2 aliphatic rings. The first-order valence-electron chi connectivity index (χ1n) is 10.6. The number of pyridine rings is 2. The molecular formula is C22H20F3N5O3. The predicted molar refractivity (Wildman–Crippen MR) is 112 cm³/mol. The van der Waals surface area contributed by atoms with Gasteiger partial charge in [-0.15, -0.1) is 0 Å². The summed E-state index contributed by atoms with van der Waals surface area (Å²) in [5.41, 5.74) is -0.239. The van der Waals surface area contributed by atoms with E-state index >= 15 is 0 Å². The number of urea groups is 1. The van der Waals surface area contributed by atoms with E-state index in [1.165, 1.54) is 4.90 Å². The third-order valence-electron chi connectivity index (χ3n) is 6.05. The number of carbonyl (C=O) groups excluding carboxylic acids is 2. The van der Waals surface area contributed by atoms with E-state index in [4.69, 9.17) is 4.74 Å². The Kier molecular flexibility index (Phi) is 5.18. The van der Waals surface area contributed by atoms with Crippen LogP contribution in [-0.2, 0) is 11.0 Å². The number of aromatic amines is 1. The Hall–Kier alpha value is -3.63. The van der Waals surface area contributed by atoms with E-state index in [1.54, 1.807) is 12.4 Å². The summed E-state index contributed by atoms with van der Waals surface area (Å²) in [5.74, 6) is 0.228. The summed E-state index contributed by atoms with van der Waals surface area (Å²) in [6.07, 6.45) is 3.02. The number of fused-ring (bicyclic) bond motifs is 1. The van der Waals surface area contributed by atoms with Crippen molar-refractivity contribution in [1.29, 1.82) is 0 Å². The first-order valence-corrected chi connectivity index (χ1v) is 10.6. The summed E-state index contributed by atoms with van der Waals surface area (Å²) < 4.78 is 45.1. The van der Waals surface area contributed by atoms with Crippen molar-refractivity contribution in [3.63, 3.8) is 0 Å². The van der Waals surface area contributed by atoms with Crippen molar-refractivity contribution in [2.24, 2.45) is 0 Å². The van der Waals surface area contributed by atoms with Crippen molar-refractivity contribution in [3.05, 3.63) is 48.5 Å². The Balaban J connectivity index is 1.23. The molecule has 1 aliphatic carbocycles. The second kappa shape index (κ2) is 8.05. The second-order valence-electron chi connectivity index (χ2n) is 8.20. The summed E-state index contributed by atoms with van der Waals surface area (Å²) >= 11 is 0. The molecule has 3 aromatic heterocycles. The van der Waals surface area contributed by atoms with Crippen molar-refractivity contribution in [1.82, 2.24) is 19.9 Å². The minimum absolute atomic E-state index is 0.0460. The standard InChI is InChI=1S/C22H20F3N5O3/c23-22(24,25)14-8-16(10-26-9-14)29-12-19(31)30(21(29)32)15-1-3-17(4-2-15)33-18-7-13-5-6-27-20(13)28-11-18/h5-11,15,17H,1-4,12H2,(H,27,28). The normalized spacial score (nSPS) is 21.8. The molecule has 0 atom stereocenters. The third kappa shape index (κ3) is 4.10. The van der Waals surface area contributed by atoms with Gasteiger partial charge < -0.3 is 9.72 Å². The zero-order valence-electron chi connectivity index (χ0n) is 17.4. The van der Waals surface area contributed by atoms with Crippen LogP contribution in [0.15, 0.2) is 43.0 Å². The average Bonchev–Trinajstić information content (AvgIpc) is 3.37. The lowest BCUT2D eigenvalue weighted by atomic mass is 9.92. The molecule has 4 heterocycles. The molecule has 5 rings (SSSR count). The highest BCUT2D eigenvalue weighted by molar-refractivity contribution is 6.12. The number of amides is 3. The van der Waals surface area contributed by atoms with Crippen LogP contribution < -0.4 is 9.64 Å². The quantitative estimate of drug-likeness (QED) is 0.593. The van der Waals surface area contributed by atoms with Gasteiger partial charge in [0, 0.05) is 23.8 Å². The molecule has 1 saturated carbocycles. The molecule has 1 saturated heterocycles. The number of rotatable bonds is 4. The molecule has 1 N–H and O–H groups in total. The van der Waals surface area contributed by atoms with E-state index in [-0.39, 0.29) is 24.4 Å². The molecule has 1 aliphatic heterocycles. The molecule has 172 valence electrons. The van der Waals surface area contributed by atoms with Gasteiger partial charge in [0.1, 0.15) is 17.9 Å². The number of imide groups is 1. The summed E-state index contributed by atoms with van der Waals surface area (Å²) in [5, 5.41) is 0.943. The van der Waals surface area contributed by atoms with Gasteiger partial charge >= 0.3 is 12.2 Å². The number of halogens is 3. The highest BCUT2D eigenvalue weighted by Crippen LogP contribution is 2.34. The van der Waals surface area contributed by atoms with Crippen molar-refractivity contribution >= 4 is 28.7 Å². The number of carbonyl (C=O) groups is 2. The highest BCUT2D eigenvalue weighted by Gasteiger charge is 2.43. The first-order chi connectivity index (χ1) is 15.8. The van der Waals surface area contributed by atoms with E-state index < -0.39 is 23.7 Å². The Morgan fingerprint density at radius 1 is 1.06 bits per heavy atom. The lowest BCUT2D eigenvalue weighted by Crippen LogP contribution is -2.44. The molecule has 8 nitrogen and oxygen atoms in total. The van der Waals surface area contributed by atoms with Crippen molar-refractivity contribution in [2.45, 2.75) is 44.0 Å². The van der Waals surface area contributed by atoms with Crippen LogP contribution in [0, 0.1) is 0 Å². The molecule has 0 spiro atoms. The van der Waals surface area contributed by atoms with Crippen LogP contribution >= 0.6 is 0 Å². The monoisotopic (exact) mass is 459 g/mol. The molecule has 0 aromatic carbocycles. The first kappa shape index (κ1) is 21.2. The van der Waals surface area contributed by atoms with Crippen LogP contribution in [0.5, 0.6) is 5.75 Å². The number of aromatic nitrogens is 3. The van der Waals surface area contributed by atoms with Crippen LogP contribution in [-0.4, -0.2) is 50.5 Å². The third-order valence-corrected chi connectivity index (χ3v) is 6.05. The Morgan fingerprint density at radius 2 is 1.85 bits per heavy atom. The highest BCUT2D eigenvalue weighted by atomic mass is 19.4. The Bertz CT molecular complexity index is 1200. The van der Waals surface area contributed by atoms with Gasteiger partial charge in [-0.25, -0.2) is 9.78 Å². The number of hydrogen-bond acceptors (Lipinski definition) is 5. The molecule has 2 fully saturated rings. The van der Waals surface area contributed by atoms with Gasteiger partial charge in [0.25, 0.3) is 5.91 Å². The smallest absolute Gasteiger partial charge is 0.417 e. The van der Waals surface area contributed by atoms with Crippen LogP contribution in [0.2, 0.25) is 0 Å². The number of alkyl halides is 3. The second-order valence-corrected chi connectivity index (χ2v) is 8.20. The van der Waals surface area contributed by atoms with Gasteiger partial charge in [-0.3, -0.25) is 19.6 Å². The molecule has 0 radical (unpaired) electrons. The maximum absolute atomic E-state index is 13.0. The Labute approximate surface area is 186 Å². The number of hydrogen-bond donors (Lipinski definition) is 1. The molecule has 33 heavy (non-hydrogen) atoms. The molecule has 0 bridgehead atoms. The van der Waals surface area contributed by atoms with Crippen molar-refractivity contribution < 1.29 is 27.5 Å². The van der Waals surface area contributed by atoms with E-state index in [2.05, 4.69) is 15.0 Å². The lowest BCUT2D eigenvalue weighted by Gasteiger charge is -2.33. The number of nitrogens with zero attached hydrogens (tertiary/aromatic N) is 4. The summed E-state index contributed by atoms with van der Waals surface area (Å²) in [7, 11) is 0. The SMILES string of the molecule is O=C1CN(c2cncc(C(F)(F)F)c2)C(=O)N1C1CCC(Oc2cnc3[nH]ccc3c2)CC1. The minimum atomic E-state index is -4.59. The zero-order chi connectivity index (χ0) is 23.2. The number of nitrogens with one attached hydrogen (secondary N) is 1. The average molecular weight is 459 g/mol. The minimum Gasteiger partial charge on any atom is -0.489 e. The summed E-state index contributed by atoms with van der Waals surface area (Å²) in [6.45, 7) is -0.305. The van der Waals surface area contributed by atoms with Crippen LogP contribution in [0.3, 0.4) is 0 Å². The zero-order valence-corrected chi connectivity index (χ0v) is 17.4. The molecular weight excluding hydrogens is 439 g/mol. The fourth-order valence-electron chi connectivity index (χ4n) is 4.41. The number of ether oxygens (including phenoxy) is 1. The van der Waals surface area contributed by atoms with Gasteiger partial charge in [-0.2, -0.15) is 13.2 Å². The largest absolute Gasteiger partial charge is 0.489 e. The Morgan fingerprint density at radius 3 is 2.61 bits per heavy atom. The summed E-state index contributed by atoms with van der Waals surface area (Å²) in [6, 6.07) is 3.70. The van der Waals surface area contributed by atoms with Crippen LogP contribution in [0.4, 0.5) is 23.7 Å². The predicted octanol–water partition coefficient (Wildman–Crippen LogP) is 4.14. The van der Waals surface area contributed by atoms with E-state index in [1.807, 2.05) is 12.1 Å². The summed E-state index contributed by atoms with van der Waals surface area (Å²) in [4.78, 5) is 38.7. The van der Waals surface area contributed by atoms with Gasteiger partial charge in [0.2, 0.25) is 0 Å². The van der Waals surface area contributed by atoms with E-state index in [0.717, 1.165) is 28.2 Å². The van der Waals surface area contributed by atoms with Gasteiger partial charge in [0.15, 0.2) is 0 Å². The maximum atomic E-state index is 13.0.